The molecule has 0 unspecified atom stereocenters. The molecule has 0 aliphatic carbocycles. The van der Waals surface area contributed by atoms with Crippen molar-refractivity contribution in [1.82, 2.24) is 15.5 Å². The third kappa shape index (κ3) is 4.50. The standard InChI is InChI=1S/C18H25N3O3/c1-5-12(2)19-17(22)13(3)20-18(23)21(4)11-15-10-14-8-6-7-9-16(14)24-15/h6-10,12-13H,5,11H2,1-4H3,(H,19,22)(H,20,23)/t12-,13+/m0/s1. The minimum absolute atomic E-state index is 0.0881. The Morgan fingerprint density at radius 2 is 1.92 bits per heavy atom. The summed E-state index contributed by atoms with van der Waals surface area (Å²) in [4.78, 5) is 25.7. The second-order valence-corrected chi connectivity index (χ2v) is 6.10. The Morgan fingerprint density at radius 3 is 2.58 bits per heavy atom. The number of fused-ring (bicyclic) bond motifs is 1. The van der Waals surface area contributed by atoms with Gasteiger partial charge in [0.1, 0.15) is 17.4 Å². The van der Waals surface area contributed by atoms with Gasteiger partial charge < -0.3 is 20.0 Å². The number of benzene rings is 1. The molecule has 6 nitrogen and oxygen atoms in total. The van der Waals surface area contributed by atoms with E-state index in [1.165, 1.54) is 4.90 Å². The summed E-state index contributed by atoms with van der Waals surface area (Å²) >= 11 is 0. The van der Waals surface area contributed by atoms with Gasteiger partial charge in [-0.25, -0.2) is 4.79 Å². The normalized spacial score (nSPS) is 13.3. The highest BCUT2D eigenvalue weighted by Crippen LogP contribution is 2.19. The Balaban J connectivity index is 1.90. The number of urea groups is 1. The number of hydrogen-bond donors (Lipinski definition) is 2. The van der Waals surface area contributed by atoms with Crippen molar-refractivity contribution in [3.8, 4) is 0 Å². The highest BCUT2D eigenvalue weighted by Gasteiger charge is 2.19. The van der Waals surface area contributed by atoms with Crippen molar-refractivity contribution >= 4 is 22.9 Å². The van der Waals surface area contributed by atoms with Crippen molar-refractivity contribution in [2.24, 2.45) is 0 Å². The molecule has 2 aromatic rings. The number of furan rings is 1. The first-order valence-electron chi connectivity index (χ1n) is 8.20. The van der Waals surface area contributed by atoms with E-state index in [-0.39, 0.29) is 18.0 Å². The van der Waals surface area contributed by atoms with E-state index >= 15 is 0 Å². The lowest BCUT2D eigenvalue weighted by atomic mass is 10.2. The molecule has 1 aromatic carbocycles. The molecule has 0 radical (unpaired) electrons. The number of amides is 3. The van der Waals surface area contributed by atoms with E-state index in [0.717, 1.165) is 17.4 Å². The summed E-state index contributed by atoms with van der Waals surface area (Å²) in [6.45, 7) is 5.93. The molecule has 0 saturated carbocycles. The molecule has 2 N–H and O–H groups in total. The van der Waals surface area contributed by atoms with E-state index in [1.54, 1.807) is 14.0 Å². The highest BCUT2D eigenvalue weighted by atomic mass is 16.3. The number of rotatable bonds is 6. The van der Waals surface area contributed by atoms with Crippen LogP contribution in [0.1, 0.15) is 33.0 Å². The Morgan fingerprint density at radius 1 is 1.21 bits per heavy atom. The SMILES string of the molecule is CC[C@H](C)NC(=O)[C@@H](C)NC(=O)N(C)Cc1cc2ccccc2o1. The van der Waals surface area contributed by atoms with Crippen molar-refractivity contribution in [3.63, 3.8) is 0 Å². The molecule has 2 atom stereocenters. The van der Waals surface area contributed by atoms with Crippen LogP contribution in [0.3, 0.4) is 0 Å². The number of carbonyl (C=O) groups is 2. The zero-order valence-electron chi connectivity index (χ0n) is 14.6. The molecule has 6 heteroatoms. The van der Waals surface area contributed by atoms with Crippen LogP contribution in [0.15, 0.2) is 34.7 Å². The van der Waals surface area contributed by atoms with Crippen LogP contribution < -0.4 is 10.6 Å². The summed E-state index contributed by atoms with van der Waals surface area (Å²) in [5, 5.41) is 6.55. The molecular formula is C18H25N3O3. The summed E-state index contributed by atoms with van der Waals surface area (Å²) in [7, 11) is 1.67. The van der Waals surface area contributed by atoms with Gasteiger partial charge in [-0.05, 0) is 32.4 Å². The summed E-state index contributed by atoms with van der Waals surface area (Å²) in [6, 6.07) is 8.79. The minimum atomic E-state index is -0.593. The van der Waals surface area contributed by atoms with E-state index in [1.807, 2.05) is 44.2 Å². The van der Waals surface area contributed by atoms with E-state index < -0.39 is 6.04 Å². The topological polar surface area (TPSA) is 74.6 Å². The van der Waals surface area contributed by atoms with Crippen molar-refractivity contribution in [2.45, 2.75) is 45.8 Å². The lowest BCUT2D eigenvalue weighted by Crippen LogP contribution is -2.50. The quantitative estimate of drug-likeness (QED) is 0.855. The minimum Gasteiger partial charge on any atom is -0.459 e. The molecule has 24 heavy (non-hydrogen) atoms. The second-order valence-electron chi connectivity index (χ2n) is 6.10. The van der Waals surface area contributed by atoms with Crippen LogP contribution in [0.2, 0.25) is 0 Å². The average Bonchev–Trinajstić information content (AvgIpc) is 2.96. The molecule has 0 aliphatic heterocycles. The zero-order chi connectivity index (χ0) is 17.7. The van der Waals surface area contributed by atoms with Gasteiger partial charge in [-0.3, -0.25) is 4.79 Å². The number of nitrogens with one attached hydrogen (secondary N) is 2. The lowest BCUT2D eigenvalue weighted by molar-refractivity contribution is -0.123. The Bertz CT molecular complexity index is 677. The molecule has 130 valence electrons. The predicted octanol–water partition coefficient (Wildman–Crippen LogP) is 2.88. The maximum atomic E-state index is 12.2. The van der Waals surface area contributed by atoms with Gasteiger partial charge in [0.2, 0.25) is 5.91 Å². The first kappa shape index (κ1) is 17.8. The van der Waals surface area contributed by atoms with E-state index in [9.17, 15) is 9.59 Å². The van der Waals surface area contributed by atoms with Gasteiger partial charge in [-0.15, -0.1) is 0 Å². The average molecular weight is 331 g/mol. The van der Waals surface area contributed by atoms with Crippen LogP contribution in [0.4, 0.5) is 4.79 Å². The monoisotopic (exact) mass is 331 g/mol. The van der Waals surface area contributed by atoms with Crippen LogP contribution in [0.5, 0.6) is 0 Å². The molecule has 2 rings (SSSR count). The zero-order valence-corrected chi connectivity index (χ0v) is 14.6. The first-order valence-corrected chi connectivity index (χ1v) is 8.20. The van der Waals surface area contributed by atoms with Gasteiger partial charge in [-0.2, -0.15) is 0 Å². The third-order valence-electron chi connectivity index (χ3n) is 3.95. The molecular weight excluding hydrogens is 306 g/mol. The molecule has 0 fully saturated rings. The molecule has 0 bridgehead atoms. The third-order valence-corrected chi connectivity index (χ3v) is 3.95. The summed E-state index contributed by atoms with van der Waals surface area (Å²) < 4.78 is 5.71. The van der Waals surface area contributed by atoms with Crippen LogP contribution in [-0.2, 0) is 11.3 Å². The number of nitrogens with zero attached hydrogens (tertiary/aromatic N) is 1. The van der Waals surface area contributed by atoms with E-state index in [2.05, 4.69) is 10.6 Å². The van der Waals surface area contributed by atoms with Crippen molar-refractivity contribution in [1.29, 1.82) is 0 Å². The molecule has 1 heterocycles. The van der Waals surface area contributed by atoms with Crippen LogP contribution >= 0.6 is 0 Å². The summed E-state index contributed by atoms with van der Waals surface area (Å²) in [5.74, 6) is 0.514. The maximum Gasteiger partial charge on any atom is 0.318 e. The van der Waals surface area contributed by atoms with Crippen molar-refractivity contribution < 1.29 is 14.0 Å². The van der Waals surface area contributed by atoms with Gasteiger partial charge in [0.05, 0.1) is 6.54 Å². The molecule has 0 saturated heterocycles. The number of hydrogen-bond acceptors (Lipinski definition) is 3. The predicted molar refractivity (Wildman–Crippen MR) is 93.6 cm³/mol. The van der Waals surface area contributed by atoms with E-state index in [0.29, 0.717) is 12.3 Å². The van der Waals surface area contributed by atoms with Crippen LogP contribution in [0.25, 0.3) is 11.0 Å². The van der Waals surface area contributed by atoms with Crippen molar-refractivity contribution in [3.05, 3.63) is 36.1 Å². The van der Waals surface area contributed by atoms with E-state index in [4.69, 9.17) is 4.42 Å². The fraction of sp³-hybridized carbons (Fsp3) is 0.444. The van der Waals surface area contributed by atoms with Gasteiger partial charge in [0.15, 0.2) is 0 Å². The smallest absolute Gasteiger partial charge is 0.318 e. The Hall–Kier alpha value is -2.50. The van der Waals surface area contributed by atoms with Gasteiger partial charge >= 0.3 is 6.03 Å². The Labute approximate surface area is 142 Å². The molecule has 0 spiro atoms. The van der Waals surface area contributed by atoms with Crippen LogP contribution in [-0.4, -0.2) is 36.0 Å². The second kappa shape index (κ2) is 7.86. The largest absolute Gasteiger partial charge is 0.459 e. The fourth-order valence-corrected chi connectivity index (χ4v) is 2.25. The lowest BCUT2D eigenvalue weighted by Gasteiger charge is -2.21. The molecule has 3 amide bonds. The van der Waals surface area contributed by atoms with Gasteiger partial charge in [0.25, 0.3) is 0 Å². The fourth-order valence-electron chi connectivity index (χ4n) is 2.25. The molecule has 0 aliphatic rings. The number of carbonyl (C=O) groups excluding carboxylic acids is 2. The van der Waals surface area contributed by atoms with Gasteiger partial charge in [-0.1, -0.05) is 25.1 Å². The maximum absolute atomic E-state index is 12.2. The Kier molecular flexibility index (Phi) is 5.84. The first-order chi connectivity index (χ1) is 11.4. The highest BCUT2D eigenvalue weighted by molar-refractivity contribution is 5.86. The van der Waals surface area contributed by atoms with Crippen LogP contribution in [0, 0.1) is 0 Å². The van der Waals surface area contributed by atoms with Gasteiger partial charge in [0, 0.05) is 18.5 Å². The number of para-hydroxylation sites is 1. The molecule has 1 aromatic heterocycles. The van der Waals surface area contributed by atoms with Crippen molar-refractivity contribution in [2.75, 3.05) is 7.05 Å². The summed E-state index contributed by atoms with van der Waals surface area (Å²) in [5.41, 5.74) is 0.794. The summed E-state index contributed by atoms with van der Waals surface area (Å²) in [6.07, 6.45) is 0.846.